The second-order valence-corrected chi connectivity index (χ2v) is 5.90. The molecule has 0 radical (unpaired) electrons. The van der Waals surface area contributed by atoms with Gasteiger partial charge < -0.3 is 14.8 Å². The van der Waals surface area contributed by atoms with E-state index >= 15 is 0 Å². The largest absolute Gasteiger partial charge is 0.355 e. The molecule has 21 heavy (non-hydrogen) atoms. The SMILES string of the molecule is CC(C)(CNC(=O)CC1OCCCO1)c1cccc(F)c1. The summed E-state index contributed by atoms with van der Waals surface area (Å²) in [4.78, 5) is 11.9. The van der Waals surface area contributed by atoms with E-state index in [4.69, 9.17) is 9.47 Å². The molecule has 1 heterocycles. The number of nitrogens with one attached hydrogen (secondary N) is 1. The average molecular weight is 295 g/mol. The summed E-state index contributed by atoms with van der Waals surface area (Å²) in [6.07, 6.45) is 0.611. The molecule has 116 valence electrons. The predicted molar refractivity (Wildman–Crippen MR) is 77.4 cm³/mol. The molecular formula is C16H22FNO3. The smallest absolute Gasteiger partial charge is 0.225 e. The van der Waals surface area contributed by atoms with Crippen molar-refractivity contribution in [3.8, 4) is 0 Å². The van der Waals surface area contributed by atoms with Crippen LogP contribution in [0, 0.1) is 5.82 Å². The lowest BCUT2D eigenvalue weighted by atomic mass is 9.84. The summed E-state index contributed by atoms with van der Waals surface area (Å²) >= 11 is 0. The highest BCUT2D eigenvalue weighted by Gasteiger charge is 2.23. The van der Waals surface area contributed by atoms with Crippen molar-refractivity contribution in [3.63, 3.8) is 0 Å². The van der Waals surface area contributed by atoms with E-state index in [0.29, 0.717) is 19.8 Å². The highest BCUT2D eigenvalue weighted by atomic mass is 19.1. The maximum Gasteiger partial charge on any atom is 0.225 e. The van der Waals surface area contributed by atoms with Crippen molar-refractivity contribution >= 4 is 5.91 Å². The van der Waals surface area contributed by atoms with Crippen LogP contribution in [0.3, 0.4) is 0 Å². The van der Waals surface area contributed by atoms with Gasteiger partial charge in [0.25, 0.3) is 0 Å². The van der Waals surface area contributed by atoms with Crippen LogP contribution in [0.25, 0.3) is 0 Å². The Kier molecular flexibility index (Phi) is 5.31. The number of benzene rings is 1. The van der Waals surface area contributed by atoms with Crippen LogP contribution < -0.4 is 5.32 Å². The van der Waals surface area contributed by atoms with Crippen molar-refractivity contribution in [2.75, 3.05) is 19.8 Å². The van der Waals surface area contributed by atoms with Crippen LogP contribution in [0.15, 0.2) is 24.3 Å². The number of ether oxygens (including phenoxy) is 2. The first-order chi connectivity index (χ1) is 9.97. The summed E-state index contributed by atoms with van der Waals surface area (Å²) in [5.41, 5.74) is 0.513. The monoisotopic (exact) mass is 295 g/mol. The van der Waals surface area contributed by atoms with Crippen LogP contribution in [-0.4, -0.2) is 32.0 Å². The molecule has 0 unspecified atom stereocenters. The molecule has 1 N–H and O–H groups in total. The van der Waals surface area contributed by atoms with E-state index in [9.17, 15) is 9.18 Å². The van der Waals surface area contributed by atoms with E-state index in [1.54, 1.807) is 6.07 Å². The summed E-state index contributed by atoms with van der Waals surface area (Å²) in [6, 6.07) is 6.45. The molecule has 1 aliphatic rings. The van der Waals surface area contributed by atoms with Crippen LogP contribution in [0.5, 0.6) is 0 Å². The van der Waals surface area contributed by atoms with Crippen molar-refractivity contribution in [2.45, 2.75) is 38.4 Å². The Bertz CT molecular complexity index is 484. The first kappa shape index (κ1) is 15.9. The fourth-order valence-corrected chi connectivity index (χ4v) is 2.21. The van der Waals surface area contributed by atoms with Crippen molar-refractivity contribution in [1.29, 1.82) is 0 Å². The first-order valence-corrected chi connectivity index (χ1v) is 7.23. The molecular weight excluding hydrogens is 273 g/mol. The molecule has 1 aliphatic heterocycles. The van der Waals surface area contributed by atoms with Gasteiger partial charge in [0.05, 0.1) is 19.6 Å². The Morgan fingerprint density at radius 2 is 2.10 bits per heavy atom. The van der Waals surface area contributed by atoms with Gasteiger partial charge >= 0.3 is 0 Å². The van der Waals surface area contributed by atoms with Gasteiger partial charge in [-0.1, -0.05) is 26.0 Å². The Balaban J connectivity index is 1.84. The van der Waals surface area contributed by atoms with E-state index < -0.39 is 6.29 Å². The Morgan fingerprint density at radius 1 is 1.38 bits per heavy atom. The maximum absolute atomic E-state index is 13.3. The molecule has 1 saturated heterocycles. The van der Waals surface area contributed by atoms with E-state index in [1.807, 2.05) is 19.9 Å². The quantitative estimate of drug-likeness (QED) is 0.907. The molecule has 1 aromatic carbocycles. The number of rotatable bonds is 5. The van der Waals surface area contributed by atoms with Gasteiger partial charge in [0.1, 0.15) is 5.82 Å². The number of hydrogen-bond donors (Lipinski definition) is 1. The van der Waals surface area contributed by atoms with E-state index in [-0.39, 0.29) is 23.6 Å². The van der Waals surface area contributed by atoms with Crippen molar-refractivity contribution in [1.82, 2.24) is 5.32 Å². The standard InChI is InChI=1S/C16H22FNO3/c1-16(2,12-5-3-6-13(17)9-12)11-18-14(19)10-15-20-7-4-8-21-15/h3,5-6,9,15H,4,7-8,10-11H2,1-2H3,(H,18,19). The molecule has 0 aliphatic carbocycles. The fraction of sp³-hybridized carbons (Fsp3) is 0.562. The minimum absolute atomic E-state index is 0.119. The van der Waals surface area contributed by atoms with Crippen LogP contribution in [-0.2, 0) is 19.7 Å². The van der Waals surface area contributed by atoms with E-state index in [2.05, 4.69) is 5.32 Å². The van der Waals surface area contributed by atoms with Gasteiger partial charge in [-0.3, -0.25) is 4.79 Å². The highest BCUT2D eigenvalue weighted by molar-refractivity contribution is 5.76. The van der Waals surface area contributed by atoms with E-state index in [1.165, 1.54) is 12.1 Å². The van der Waals surface area contributed by atoms with Crippen LogP contribution in [0.1, 0.15) is 32.3 Å². The highest BCUT2D eigenvalue weighted by Crippen LogP contribution is 2.23. The summed E-state index contributed by atoms with van der Waals surface area (Å²) in [5, 5.41) is 2.87. The lowest BCUT2D eigenvalue weighted by Gasteiger charge is -2.27. The normalized spacial score (nSPS) is 16.7. The maximum atomic E-state index is 13.3. The lowest BCUT2D eigenvalue weighted by Crippen LogP contribution is -2.39. The Labute approximate surface area is 124 Å². The zero-order valence-electron chi connectivity index (χ0n) is 12.5. The fourth-order valence-electron chi connectivity index (χ4n) is 2.21. The molecule has 0 spiro atoms. The Morgan fingerprint density at radius 3 is 2.76 bits per heavy atom. The average Bonchev–Trinajstić information content (AvgIpc) is 2.46. The third kappa shape index (κ3) is 4.79. The molecule has 2 rings (SSSR count). The second kappa shape index (κ2) is 7.00. The number of carbonyl (C=O) groups is 1. The van der Waals surface area contributed by atoms with Crippen molar-refractivity contribution in [2.24, 2.45) is 0 Å². The van der Waals surface area contributed by atoms with E-state index in [0.717, 1.165) is 12.0 Å². The molecule has 0 saturated carbocycles. The molecule has 1 amide bonds. The van der Waals surface area contributed by atoms with Gasteiger partial charge in [-0.2, -0.15) is 0 Å². The second-order valence-electron chi connectivity index (χ2n) is 5.90. The third-order valence-corrected chi connectivity index (χ3v) is 3.58. The Hall–Kier alpha value is -1.46. The minimum atomic E-state index is -0.448. The van der Waals surface area contributed by atoms with Gasteiger partial charge in [0.15, 0.2) is 6.29 Å². The number of carbonyl (C=O) groups excluding carboxylic acids is 1. The molecule has 0 atom stereocenters. The van der Waals surface area contributed by atoms with Crippen molar-refractivity contribution in [3.05, 3.63) is 35.6 Å². The summed E-state index contributed by atoms with van der Waals surface area (Å²) in [6.45, 7) is 5.63. The molecule has 5 heteroatoms. The zero-order chi connectivity index (χ0) is 15.3. The third-order valence-electron chi connectivity index (χ3n) is 3.58. The predicted octanol–water partition coefficient (Wildman–Crippen LogP) is 2.37. The van der Waals surface area contributed by atoms with Gasteiger partial charge in [0.2, 0.25) is 5.91 Å². The number of halogens is 1. The van der Waals surface area contributed by atoms with Crippen molar-refractivity contribution < 1.29 is 18.7 Å². The summed E-state index contributed by atoms with van der Waals surface area (Å²) < 4.78 is 24.0. The minimum Gasteiger partial charge on any atom is -0.355 e. The van der Waals surface area contributed by atoms with Gasteiger partial charge in [0, 0.05) is 12.0 Å². The zero-order valence-corrected chi connectivity index (χ0v) is 12.5. The molecule has 4 nitrogen and oxygen atoms in total. The molecule has 1 aromatic rings. The molecule has 1 fully saturated rings. The summed E-state index contributed by atoms with van der Waals surface area (Å²) in [5.74, 6) is -0.387. The lowest BCUT2D eigenvalue weighted by molar-refractivity contribution is -0.183. The van der Waals surface area contributed by atoms with Crippen LogP contribution in [0.4, 0.5) is 4.39 Å². The molecule has 0 aromatic heterocycles. The molecule has 0 bridgehead atoms. The van der Waals surface area contributed by atoms with Gasteiger partial charge in [-0.05, 0) is 24.1 Å². The van der Waals surface area contributed by atoms with Crippen LogP contribution >= 0.6 is 0 Å². The van der Waals surface area contributed by atoms with Crippen LogP contribution in [0.2, 0.25) is 0 Å². The summed E-state index contributed by atoms with van der Waals surface area (Å²) in [7, 11) is 0. The number of hydrogen-bond acceptors (Lipinski definition) is 3. The van der Waals surface area contributed by atoms with Gasteiger partial charge in [-0.25, -0.2) is 4.39 Å². The number of amides is 1. The topological polar surface area (TPSA) is 47.6 Å². The van der Waals surface area contributed by atoms with Gasteiger partial charge in [-0.15, -0.1) is 0 Å². The first-order valence-electron chi connectivity index (χ1n) is 7.23.